The molecule has 0 radical (unpaired) electrons. The standard InChI is InChI=1S/C18H20N4O3/c1-13-9-10-22(21-13)16-7-4-3-6-14(16)19-18(23)20-15(12-24-2)17-8-5-11-25-17/h3-11,15H,12H2,1-2H3,(H2,19,20,23)/t15-/m0/s1. The van der Waals surface area contributed by atoms with E-state index in [4.69, 9.17) is 9.15 Å². The first kappa shape index (κ1) is 16.8. The van der Waals surface area contributed by atoms with Crippen LogP contribution in [0.4, 0.5) is 10.5 Å². The van der Waals surface area contributed by atoms with Gasteiger partial charge in [0.05, 0.1) is 29.9 Å². The van der Waals surface area contributed by atoms with E-state index in [0.29, 0.717) is 18.1 Å². The lowest BCUT2D eigenvalue weighted by atomic mass is 10.2. The average Bonchev–Trinajstić information content (AvgIpc) is 3.26. The number of aromatic nitrogens is 2. The molecule has 130 valence electrons. The molecule has 0 spiro atoms. The van der Waals surface area contributed by atoms with Crippen LogP contribution in [0.3, 0.4) is 0 Å². The molecule has 0 fully saturated rings. The van der Waals surface area contributed by atoms with Crippen LogP contribution in [0, 0.1) is 6.92 Å². The van der Waals surface area contributed by atoms with Gasteiger partial charge in [0, 0.05) is 13.3 Å². The Bertz CT molecular complexity index is 826. The minimum Gasteiger partial charge on any atom is -0.467 e. The third-order valence-corrected chi connectivity index (χ3v) is 3.65. The van der Waals surface area contributed by atoms with E-state index in [-0.39, 0.29) is 12.1 Å². The van der Waals surface area contributed by atoms with Crippen LogP contribution in [0.5, 0.6) is 0 Å². The maximum atomic E-state index is 12.4. The van der Waals surface area contributed by atoms with Crippen LogP contribution < -0.4 is 10.6 Å². The Labute approximate surface area is 145 Å². The molecular formula is C18H20N4O3. The number of urea groups is 1. The number of para-hydroxylation sites is 2. The summed E-state index contributed by atoms with van der Waals surface area (Å²) in [6.07, 6.45) is 3.41. The zero-order chi connectivity index (χ0) is 17.6. The molecule has 0 bridgehead atoms. The molecule has 1 atom stereocenters. The first-order valence-corrected chi connectivity index (χ1v) is 7.89. The monoisotopic (exact) mass is 340 g/mol. The van der Waals surface area contributed by atoms with Crippen LogP contribution in [0.25, 0.3) is 5.69 Å². The topological polar surface area (TPSA) is 81.3 Å². The molecule has 0 saturated carbocycles. The van der Waals surface area contributed by atoms with Crippen molar-refractivity contribution in [2.45, 2.75) is 13.0 Å². The van der Waals surface area contributed by atoms with Crippen molar-refractivity contribution < 1.29 is 13.9 Å². The maximum absolute atomic E-state index is 12.4. The predicted molar refractivity (Wildman–Crippen MR) is 93.8 cm³/mol. The Hall–Kier alpha value is -3.06. The fourth-order valence-corrected chi connectivity index (χ4v) is 2.50. The molecule has 0 unspecified atom stereocenters. The molecule has 0 saturated heterocycles. The van der Waals surface area contributed by atoms with Crippen molar-refractivity contribution in [2.75, 3.05) is 19.0 Å². The summed E-state index contributed by atoms with van der Waals surface area (Å²) in [5.41, 5.74) is 2.34. The quantitative estimate of drug-likeness (QED) is 0.721. The van der Waals surface area contributed by atoms with Gasteiger partial charge >= 0.3 is 6.03 Å². The predicted octanol–water partition coefficient (Wildman–Crippen LogP) is 3.28. The van der Waals surface area contributed by atoms with Gasteiger partial charge in [0.25, 0.3) is 0 Å². The number of hydrogen-bond acceptors (Lipinski definition) is 4. The zero-order valence-corrected chi connectivity index (χ0v) is 14.1. The van der Waals surface area contributed by atoms with Gasteiger partial charge in [-0.2, -0.15) is 5.10 Å². The summed E-state index contributed by atoms with van der Waals surface area (Å²) >= 11 is 0. The number of anilines is 1. The number of carbonyl (C=O) groups excluding carboxylic acids is 1. The van der Waals surface area contributed by atoms with E-state index >= 15 is 0 Å². The lowest BCUT2D eigenvalue weighted by Gasteiger charge is -2.17. The largest absolute Gasteiger partial charge is 0.467 e. The third kappa shape index (κ3) is 4.07. The molecule has 7 nitrogen and oxygen atoms in total. The lowest BCUT2D eigenvalue weighted by Crippen LogP contribution is -2.34. The number of furan rings is 1. The van der Waals surface area contributed by atoms with Gasteiger partial charge < -0.3 is 19.8 Å². The van der Waals surface area contributed by atoms with Gasteiger partial charge in [-0.3, -0.25) is 0 Å². The van der Waals surface area contributed by atoms with E-state index < -0.39 is 0 Å². The van der Waals surface area contributed by atoms with E-state index in [0.717, 1.165) is 11.4 Å². The number of aryl methyl sites for hydroxylation is 1. The molecule has 0 aliphatic carbocycles. The number of nitrogens with one attached hydrogen (secondary N) is 2. The summed E-state index contributed by atoms with van der Waals surface area (Å²) in [6, 6.07) is 12.2. The molecule has 3 rings (SSSR count). The molecule has 25 heavy (non-hydrogen) atoms. The lowest BCUT2D eigenvalue weighted by molar-refractivity contribution is 0.159. The molecule has 2 amide bonds. The van der Waals surface area contributed by atoms with Crippen molar-refractivity contribution in [3.8, 4) is 5.69 Å². The highest BCUT2D eigenvalue weighted by molar-refractivity contribution is 5.91. The Morgan fingerprint density at radius 3 is 2.80 bits per heavy atom. The Morgan fingerprint density at radius 2 is 2.12 bits per heavy atom. The number of nitrogens with zero attached hydrogens (tertiary/aromatic N) is 2. The normalized spacial score (nSPS) is 11.9. The van der Waals surface area contributed by atoms with Crippen molar-refractivity contribution in [2.24, 2.45) is 0 Å². The molecule has 2 N–H and O–H groups in total. The molecule has 7 heteroatoms. The van der Waals surface area contributed by atoms with Crippen LogP contribution in [0.15, 0.2) is 59.3 Å². The smallest absolute Gasteiger partial charge is 0.319 e. The Balaban J connectivity index is 1.75. The van der Waals surface area contributed by atoms with Gasteiger partial charge in [-0.15, -0.1) is 0 Å². The van der Waals surface area contributed by atoms with E-state index in [1.165, 1.54) is 0 Å². The number of methoxy groups -OCH3 is 1. The molecule has 1 aromatic carbocycles. The van der Waals surface area contributed by atoms with Crippen LogP contribution in [-0.2, 0) is 4.74 Å². The summed E-state index contributed by atoms with van der Waals surface area (Å²) in [5, 5.41) is 10.1. The fourth-order valence-electron chi connectivity index (χ4n) is 2.50. The number of amides is 2. The number of rotatable bonds is 6. The van der Waals surface area contributed by atoms with Gasteiger partial charge in [-0.05, 0) is 37.3 Å². The number of benzene rings is 1. The Kier molecular flexibility index (Phi) is 5.15. The van der Waals surface area contributed by atoms with Crippen LogP contribution >= 0.6 is 0 Å². The number of hydrogen-bond donors (Lipinski definition) is 2. The van der Waals surface area contributed by atoms with Crippen LogP contribution in [0.2, 0.25) is 0 Å². The highest BCUT2D eigenvalue weighted by Crippen LogP contribution is 2.20. The highest BCUT2D eigenvalue weighted by atomic mass is 16.5. The molecule has 3 aromatic rings. The second kappa shape index (κ2) is 7.67. The van der Waals surface area contributed by atoms with Crippen molar-refractivity contribution in [1.29, 1.82) is 0 Å². The summed E-state index contributed by atoms with van der Waals surface area (Å²) in [5.74, 6) is 0.632. The highest BCUT2D eigenvalue weighted by Gasteiger charge is 2.18. The second-order valence-electron chi connectivity index (χ2n) is 5.54. The minimum absolute atomic E-state index is 0.306. The van der Waals surface area contributed by atoms with Gasteiger partial charge in [-0.25, -0.2) is 9.48 Å². The van der Waals surface area contributed by atoms with E-state index in [2.05, 4.69) is 15.7 Å². The van der Waals surface area contributed by atoms with Crippen LogP contribution in [-0.4, -0.2) is 29.5 Å². The van der Waals surface area contributed by atoms with E-state index in [1.807, 2.05) is 43.5 Å². The third-order valence-electron chi connectivity index (χ3n) is 3.65. The van der Waals surface area contributed by atoms with Crippen molar-refractivity contribution in [3.05, 3.63) is 66.4 Å². The van der Waals surface area contributed by atoms with Crippen molar-refractivity contribution in [3.63, 3.8) is 0 Å². The molecule has 2 aromatic heterocycles. The second-order valence-corrected chi connectivity index (χ2v) is 5.54. The zero-order valence-electron chi connectivity index (χ0n) is 14.1. The van der Waals surface area contributed by atoms with Gasteiger partial charge in [0.1, 0.15) is 11.8 Å². The van der Waals surface area contributed by atoms with Crippen LogP contribution in [0.1, 0.15) is 17.5 Å². The molecule has 2 heterocycles. The van der Waals surface area contributed by atoms with E-state index in [1.54, 1.807) is 30.2 Å². The van der Waals surface area contributed by atoms with Crippen molar-refractivity contribution >= 4 is 11.7 Å². The van der Waals surface area contributed by atoms with Gasteiger partial charge in [0.15, 0.2) is 0 Å². The molecule has 0 aliphatic heterocycles. The minimum atomic E-state index is -0.376. The number of carbonyl (C=O) groups is 1. The summed E-state index contributed by atoms with van der Waals surface area (Å²) in [7, 11) is 1.57. The Morgan fingerprint density at radius 1 is 1.28 bits per heavy atom. The van der Waals surface area contributed by atoms with Gasteiger partial charge in [-0.1, -0.05) is 12.1 Å². The number of ether oxygens (including phenoxy) is 1. The van der Waals surface area contributed by atoms with Crippen molar-refractivity contribution in [1.82, 2.24) is 15.1 Å². The average molecular weight is 340 g/mol. The summed E-state index contributed by atoms with van der Waals surface area (Å²) in [4.78, 5) is 12.4. The van der Waals surface area contributed by atoms with E-state index in [9.17, 15) is 4.79 Å². The maximum Gasteiger partial charge on any atom is 0.319 e. The first-order valence-electron chi connectivity index (χ1n) is 7.89. The SMILES string of the molecule is COC[C@H](NC(=O)Nc1ccccc1-n1ccc(C)n1)c1ccco1. The summed E-state index contributed by atoms with van der Waals surface area (Å²) in [6.45, 7) is 2.22. The summed E-state index contributed by atoms with van der Waals surface area (Å²) < 4.78 is 12.2. The van der Waals surface area contributed by atoms with Gasteiger partial charge in [0.2, 0.25) is 0 Å². The molecular weight excluding hydrogens is 320 g/mol. The first-order chi connectivity index (χ1) is 12.2. The fraction of sp³-hybridized carbons (Fsp3) is 0.222. The molecule has 0 aliphatic rings.